The molecule has 1 aromatic carbocycles. The van der Waals surface area contributed by atoms with Gasteiger partial charge in [0.05, 0.1) is 17.9 Å². The standard InChI is InChI=1S/C19H19N3O4/c1-2-26-19(25)14-5-3-4-6-15(14)22-17(23)12-9-10-20-16(11-12)18(24)21-13-7-8-13/h3-6,9-11,13H,2,7-8H2,1H3,(H,21,24)(H,22,23). The van der Waals surface area contributed by atoms with Crippen molar-refractivity contribution >= 4 is 23.5 Å². The second kappa shape index (κ2) is 7.77. The lowest BCUT2D eigenvalue weighted by Gasteiger charge is -2.11. The molecule has 2 aromatic rings. The molecule has 0 spiro atoms. The van der Waals surface area contributed by atoms with Crippen molar-refractivity contribution in [1.82, 2.24) is 10.3 Å². The zero-order valence-electron chi connectivity index (χ0n) is 14.3. The molecule has 1 fully saturated rings. The summed E-state index contributed by atoms with van der Waals surface area (Å²) < 4.78 is 5.00. The summed E-state index contributed by atoms with van der Waals surface area (Å²) in [5.74, 6) is -1.25. The third-order valence-corrected chi connectivity index (χ3v) is 3.84. The first-order valence-corrected chi connectivity index (χ1v) is 8.43. The van der Waals surface area contributed by atoms with E-state index < -0.39 is 11.9 Å². The number of carbonyl (C=O) groups excluding carboxylic acids is 3. The maximum absolute atomic E-state index is 12.5. The summed E-state index contributed by atoms with van der Waals surface area (Å²) in [6, 6.07) is 9.74. The summed E-state index contributed by atoms with van der Waals surface area (Å²) in [6.45, 7) is 1.95. The number of hydrogen-bond donors (Lipinski definition) is 2. The summed E-state index contributed by atoms with van der Waals surface area (Å²) in [6.07, 6.45) is 3.35. The van der Waals surface area contributed by atoms with Crippen LogP contribution < -0.4 is 10.6 Å². The number of aromatic nitrogens is 1. The number of nitrogens with zero attached hydrogens (tertiary/aromatic N) is 1. The Labute approximate surface area is 150 Å². The molecule has 134 valence electrons. The summed E-state index contributed by atoms with van der Waals surface area (Å²) in [7, 11) is 0. The lowest BCUT2D eigenvalue weighted by Crippen LogP contribution is -2.26. The molecule has 1 aliphatic rings. The number of nitrogens with one attached hydrogen (secondary N) is 2. The molecule has 0 aliphatic heterocycles. The van der Waals surface area contributed by atoms with Gasteiger partial charge in [-0.25, -0.2) is 4.79 Å². The Bertz CT molecular complexity index is 846. The molecule has 1 aromatic heterocycles. The summed E-state index contributed by atoms with van der Waals surface area (Å²) in [5, 5.41) is 5.52. The molecule has 7 nitrogen and oxygen atoms in total. The van der Waals surface area contributed by atoms with Gasteiger partial charge < -0.3 is 15.4 Å². The van der Waals surface area contributed by atoms with Gasteiger partial charge in [-0.3, -0.25) is 14.6 Å². The van der Waals surface area contributed by atoms with Gasteiger partial charge in [0.1, 0.15) is 5.69 Å². The van der Waals surface area contributed by atoms with E-state index in [0.29, 0.717) is 5.69 Å². The number of esters is 1. The second-order valence-corrected chi connectivity index (χ2v) is 5.90. The van der Waals surface area contributed by atoms with Crippen molar-refractivity contribution in [3.8, 4) is 0 Å². The van der Waals surface area contributed by atoms with Crippen LogP contribution in [0.3, 0.4) is 0 Å². The fraction of sp³-hybridized carbons (Fsp3) is 0.263. The molecular formula is C19H19N3O4. The Balaban J connectivity index is 1.76. The van der Waals surface area contributed by atoms with E-state index in [9.17, 15) is 14.4 Å². The minimum absolute atomic E-state index is 0.184. The first-order valence-electron chi connectivity index (χ1n) is 8.43. The van der Waals surface area contributed by atoms with Gasteiger partial charge in [-0.15, -0.1) is 0 Å². The largest absolute Gasteiger partial charge is 0.462 e. The van der Waals surface area contributed by atoms with E-state index >= 15 is 0 Å². The number of anilines is 1. The molecule has 7 heteroatoms. The highest BCUT2D eigenvalue weighted by atomic mass is 16.5. The van der Waals surface area contributed by atoms with Gasteiger partial charge in [-0.1, -0.05) is 12.1 Å². The van der Waals surface area contributed by atoms with Crippen LogP contribution in [0.25, 0.3) is 0 Å². The highest BCUT2D eigenvalue weighted by Gasteiger charge is 2.24. The Morgan fingerprint density at radius 3 is 2.65 bits per heavy atom. The number of pyridine rings is 1. The van der Waals surface area contributed by atoms with E-state index in [1.165, 1.54) is 18.3 Å². The van der Waals surface area contributed by atoms with E-state index in [1.807, 2.05) is 0 Å². The highest BCUT2D eigenvalue weighted by Crippen LogP contribution is 2.20. The molecular weight excluding hydrogens is 334 g/mol. The first-order chi connectivity index (χ1) is 12.6. The second-order valence-electron chi connectivity index (χ2n) is 5.90. The van der Waals surface area contributed by atoms with E-state index in [2.05, 4.69) is 15.6 Å². The highest BCUT2D eigenvalue weighted by molar-refractivity contribution is 6.08. The zero-order valence-corrected chi connectivity index (χ0v) is 14.3. The summed E-state index contributed by atoms with van der Waals surface area (Å²) >= 11 is 0. The van der Waals surface area contributed by atoms with Crippen molar-refractivity contribution in [3.05, 3.63) is 59.4 Å². The van der Waals surface area contributed by atoms with Crippen molar-refractivity contribution in [2.24, 2.45) is 0 Å². The van der Waals surface area contributed by atoms with Gasteiger partial charge in [0.25, 0.3) is 11.8 Å². The molecule has 0 saturated heterocycles. The number of ether oxygens (including phenoxy) is 1. The summed E-state index contributed by atoms with van der Waals surface area (Å²) in [5.41, 5.74) is 1.07. The predicted octanol–water partition coefficient (Wildman–Crippen LogP) is 2.40. The summed E-state index contributed by atoms with van der Waals surface area (Å²) in [4.78, 5) is 40.6. The van der Waals surface area contributed by atoms with Crippen LogP contribution in [-0.2, 0) is 4.74 Å². The molecule has 1 aliphatic carbocycles. The van der Waals surface area contributed by atoms with Gasteiger partial charge in [0, 0.05) is 17.8 Å². The molecule has 3 rings (SSSR count). The van der Waals surface area contributed by atoms with Crippen LogP contribution in [0, 0.1) is 0 Å². The number of amides is 2. The quantitative estimate of drug-likeness (QED) is 0.777. The normalized spacial score (nSPS) is 13.0. The molecule has 1 saturated carbocycles. The fourth-order valence-electron chi connectivity index (χ4n) is 2.36. The van der Waals surface area contributed by atoms with E-state index in [1.54, 1.807) is 31.2 Å². The van der Waals surface area contributed by atoms with E-state index in [0.717, 1.165) is 12.8 Å². The number of rotatable bonds is 6. The maximum Gasteiger partial charge on any atom is 0.340 e. The van der Waals surface area contributed by atoms with E-state index in [4.69, 9.17) is 4.74 Å². The van der Waals surface area contributed by atoms with Crippen LogP contribution in [0.5, 0.6) is 0 Å². The minimum atomic E-state index is -0.511. The van der Waals surface area contributed by atoms with Crippen molar-refractivity contribution in [1.29, 1.82) is 0 Å². The fourth-order valence-corrected chi connectivity index (χ4v) is 2.36. The SMILES string of the molecule is CCOC(=O)c1ccccc1NC(=O)c1ccnc(C(=O)NC2CC2)c1. The Hall–Kier alpha value is -3.22. The molecule has 0 unspecified atom stereocenters. The van der Waals surface area contributed by atoms with Gasteiger partial charge in [-0.05, 0) is 44.0 Å². The first kappa shape index (κ1) is 17.6. The van der Waals surface area contributed by atoms with Crippen LogP contribution >= 0.6 is 0 Å². The average molecular weight is 353 g/mol. The van der Waals surface area contributed by atoms with Crippen molar-refractivity contribution in [2.45, 2.75) is 25.8 Å². The number of hydrogen-bond acceptors (Lipinski definition) is 5. The van der Waals surface area contributed by atoms with Crippen LogP contribution in [0.15, 0.2) is 42.6 Å². The molecule has 2 amide bonds. The van der Waals surface area contributed by atoms with Crippen molar-refractivity contribution < 1.29 is 19.1 Å². The number of benzene rings is 1. The minimum Gasteiger partial charge on any atom is -0.462 e. The lowest BCUT2D eigenvalue weighted by molar-refractivity contribution is 0.0527. The van der Waals surface area contributed by atoms with Crippen LogP contribution in [-0.4, -0.2) is 35.4 Å². The Morgan fingerprint density at radius 1 is 1.15 bits per heavy atom. The Morgan fingerprint density at radius 2 is 1.92 bits per heavy atom. The lowest BCUT2D eigenvalue weighted by atomic mass is 10.1. The predicted molar refractivity (Wildman–Crippen MR) is 95.1 cm³/mol. The number of carbonyl (C=O) groups is 3. The Kier molecular flexibility index (Phi) is 5.26. The maximum atomic E-state index is 12.5. The topological polar surface area (TPSA) is 97.4 Å². The third kappa shape index (κ3) is 4.24. The number of para-hydroxylation sites is 1. The van der Waals surface area contributed by atoms with Gasteiger partial charge in [0.15, 0.2) is 0 Å². The molecule has 1 heterocycles. The smallest absolute Gasteiger partial charge is 0.340 e. The zero-order chi connectivity index (χ0) is 18.5. The average Bonchev–Trinajstić information content (AvgIpc) is 3.46. The van der Waals surface area contributed by atoms with Crippen molar-refractivity contribution in [2.75, 3.05) is 11.9 Å². The van der Waals surface area contributed by atoms with Crippen LogP contribution in [0.4, 0.5) is 5.69 Å². The molecule has 26 heavy (non-hydrogen) atoms. The molecule has 0 bridgehead atoms. The van der Waals surface area contributed by atoms with Crippen molar-refractivity contribution in [3.63, 3.8) is 0 Å². The van der Waals surface area contributed by atoms with Gasteiger partial charge in [0.2, 0.25) is 0 Å². The van der Waals surface area contributed by atoms with Gasteiger partial charge in [-0.2, -0.15) is 0 Å². The molecule has 2 N–H and O–H groups in total. The van der Waals surface area contributed by atoms with E-state index in [-0.39, 0.29) is 35.4 Å². The van der Waals surface area contributed by atoms with Crippen LogP contribution in [0.2, 0.25) is 0 Å². The monoisotopic (exact) mass is 353 g/mol. The van der Waals surface area contributed by atoms with Crippen LogP contribution in [0.1, 0.15) is 51.0 Å². The van der Waals surface area contributed by atoms with Gasteiger partial charge >= 0.3 is 5.97 Å². The third-order valence-electron chi connectivity index (χ3n) is 3.84. The molecule has 0 atom stereocenters. The molecule has 0 radical (unpaired) electrons.